The highest BCUT2D eigenvalue weighted by Crippen LogP contribution is 2.23. The van der Waals surface area contributed by atoms with Crippen LogP contribution in [0.4, 0.5) is 5.69 Å². The second-order valence-electron chi connectivity index (χ2n) is 4.08. The Morgan fingerprint density at radius 3 is 2.68 bits per heavy atom. The van der Waals surface area contributed by atoms with Crippen molar-refractivity contribution in [2.75, 3.05) is 5.73 Å². The van der Waals surface area contributed by atoms with E-state index in [4.69, 9.17) is 5.73 Å². The third-order valence-corrected chi connectivity index (χ3v) is 4.61. The Morgan fingerprint density at radius 2 is 2.00 bits per heavy atom. The van der Waals surface area contributed by atoms with Gasteiger partial charge in [0.15, 0.2) is 5.82 Å². The molecule has 0 saturated heterocycles. The number of nitrogens with two attached hydrogens (primary N) is 1. The molecular weight excluding hydrogens is 324 g/mol. The average molecular weight is 335 g/mol. The summed E-state index contributed by atoms with van der Waals surface area (Å²) in [5, 5.41) is 6.53. The van der Waals surface area contributed by atoms with E-state index in [0.29, 0.717) is 5.82 Å². The smallest absolute Gasteiger partial charge is 0.181 e. The number of rotatable bonds is 3. The molecule has 0 radical (unpaired) electrons. The molecule has 0 spiro atoms. The predicted molar refractivity (Wildman–Crippen MR) is 81.0 cm³/mol. The summed E-state index contributed by atoms with van der Waals surface area (Å²) in [4.78, 5) is 5.56. The summed E-state index contributed by atoms with van der Waals surface area (Å²) >= 11 is 5.22. The van der Waals surface area contributed by atoms with E-state index in [2.05, 4.69) is 31.4 Å². The highest BCUT2D eigenvalue weighted by molar-refractivity contribution is 9.10. The maximum atomic E-state index is 5.67. The number of nitrogens with zero attached hydrogens (tertiary/aromatic N) is 3. The molecule has 0 amide bonds. The zero-order chi connectivity index (χ0) is 13.2. The minimum Gasteiger partial charge on any atom is -0.399 e. The molecule has 0 aliphatic carbocycles. The van der Waals surface area contributed by atoms with Gasteiger partial charge in [0.1, 0.15) is 6.33 Å². The van der Waals surface area contributed by atoms with Crippen molar-refractivity contribution in [3.05, 3.63) is 51.4 Å². The standard InChI is InChI=1S/C13H11BrN4S/c14-11-5-6-19-12(11)7-18-8-16-13(17-18)9-1-3-10(15)4-2-9/h1-6,8H,7,15H2. The van der Waals surface area contributed by atoms with E-state index in [1.165, 1.54) is 4.88 Å². The highest BCUT2D eigenvalue weighted by atomic mass is 79.9. The highest BCUT2D eigenvalue weighted by Gasteiger charge is 2.07. The van der Waals surface area contributed by atoms with Gasteiger partial charge in [-0.3, -0.25) is 0 Å². The molecule has 1 aromatic carbocycles. The fourth-order valence-electron chi connectivity index (χ4n) is 1.72. The summed E-state index contributed by atoms with van der Waals surface area (Å²) in [6.07, 6.45) is 1.75. The van der Waals surface area contributed by atoms with Crippen LogP contribution >= 0.6 is 27.3 Å². The molecule has 3 aromatic rings. The van der Waals surface area contributed by atoms with Crippen molar-refractivity contribution < 1.29 is 0 Å². The topological polar surface area (TPSA) is 56.7 Å². The van der Waals surface area contributed by atoms with Gasteiger partial charge in [-0.2, -0.15) is 5.10 Å². The van der Waals surface area contributed by atoms with Crippen molar-refractivity contribution in [3.63, 3.8) is 0 Å². The number of benzene rings is 1. The van der Waals surface area contributed by atoms with Crippen LogP contribution in [0.1, 0.15) is 4.88 Å². The van der Waals surface area contributed by atoms with Gasteiger partial charge >= 0.3 is 0 Å². The molecule has 0 aliphatic rings. The molecule has 3 rings (SSSR count). The first-order valence-corrected chi connectivity index (χ1v) is 7.37. The molecule has 0 fully saturated rings. The Morgan fingerprint density at radius 1 is 1.21 bits per heavy atom. The fraction of sp³-hybridized carbons (Fsp3) is 0.0769. The van der Waals surface area contributed by atoms with Crippen LogP contribution in [-0.2, 0) is 6.54 Å². The third kappa shape index (κ3) is 2.69. The molecule has 2 heterocycles. The lowest BCUT2D eigenvalue weighted by atomic mass is 10.2. The monoisotopic (exact) mass is 334 g/mol. The zero-order valence-corrected chi connectivity index (χ0v) is 12.4. The van der Waals surface area contributed by atoms with Crippen molar-refractivity contribution in [3.8, 4) is 11.4 Å². The average Bonchev–Trinajstić information content (AvgIpc) is 3.01. The van der Waals surface area contributed by atoms with Crippen LogP contribution in [0.15, 0.2) is 46.5 Å². The van der Waals surface area contributed by atoms with Gasteiger partial charge < -0.3 is 5.73 Å². The van der Waals surface area contributed by atoms with E-state index in [9.17, 15) is 0 Å². The number of halogens is 1. The second-order valence-corrected chi connectivity index (χ2v) is 5.93. The Labute approximate surface area is 123 Å². The van der Waals surface area contributed by atoms with Crippen LogP contribution in [0.3, 0.4) is 0 Å². The van der Waals surface area contributed by atoms with Crippen molar-refractivity contribution in [1.29, 1.82) is 0 Å². The van der Waals surface area contributed by atoms with Crippen LogP contribution in [0, 0.1) is 0 Å². The van der Waals surface area contributed by atoms with Gasteiger partial charge in [-0.05, 0) is 51.6 Å². The van der Waals surface area contributed by atoms with Gasteiger partial charge in [0.2, 0.25) is 0 Å². The minimum absolute atomic E-state index is 0.715. The van der Waals surface area contributed by atoms with Crippen LogP contribution < -0.4 is 5.73 Å². The van der Waals surface area contributed by atoms with E-state index in [0.717, 1.165) is 22.3 Å². The number of hydrogen-bond donors (Lipinski definition) is 1. The molecule has 6 heteroatoms. The molecule has 2 N–H and O–H groups in total. The molecule has 96 valence electrons. The van der Waals surface area contributed by atoms with Crippen LogP contribution in [0.2, 0.25) is 0 Å². The van der Waals surface area contributed by atoms with E-state index in [-0.39, 0.29) is 0 Å². The molecule has 4 nitrogen and oxygen atoms in total. The maximum Gasteiger partial charge on any atom is 0.181 e. The second kappa shape index (κ2) is 5.14. The quantitative estimate of drug-likeness (QED) is 0.747. The maximum absolute atomic E-state index is 5.67. The molecular formula is C13H11BrN4S. The SMILES string of the molecule is Nc1ccc(-c2ncn(Cc3sccc3Br)n2)cc1. The Bertz CT molecular complexity index is 687. The summed E-state index contributed by atoms with van der Waals surface area (Å²) in [6, 6.07) is 9.60. The molecule has 0 bridgehead atoms. The molecule has 0 atom stereocenters. The van der Waals surface area contributed by atoms with Gasteiger partial charge in [0.25, 0.3) is 0 Å². The normalized spacial score (nSPS) is 10.8. The number of thiophene rings is 1. The largest absolute Gasteiger partial charge is 0.399 e. The molecule has 19 heavy (non-hydrogen) atoms. The summed E-state index contributed by atoms with van der Waals surface area (Å²) in [5.41, 5.74) is 7.38. The van der Waals surface area contributed by atoms with Gasteiger partial charge in [-0.25, -0.2) is 9.67 Å². The van der Waals surface area contributed by atoms with Gasteiger partial charge in [-0.1, -0.05) is 0 Å². The van der Waals surface area contributed by atoms with E-state index >= 15 is 0 Å². The van der Waals surface area contributed by atoms with E-state index < -0.39 is 0 Å². The first kappa shape index (κ1) is 12.4. The molecule has 0 saturated carbocycles. The first-order chi connectivity index (χ1) is 9.22. The predicted octanol–water partition coefficient (Wildman–Crippen LogP) is 3.40. The van der Waals surface area contributed by atoms with E-state index in [1.54, 1.807) is 17.7 Å². The zero-order valence-electron chi connectivity index (χ0n) is 9.95. The molecule has 2 aromatic heterocycles. The van der Waals surface area contributed by atoms with Crippen molar-refractivity contribution in [2.24, 2.45) is 0 Å². The van der Waals surface area contributed by atoms with Crippen molar-refractivity contribution in [2.45, 2.75) is 6.54 Å². The number of anilines is 1. The lowest BCUT2D eigenvalue weighted by Crippen LogP contribution is -1.99. The fourth-order valence-corrected chi connectivity index (χ4v) is 3.19. The van der Waals surface area contributed by atoms with Gasteiger partial charge in [0.05, 0.1) is 6.54 Å². The number of nitrogen functional groups attached to an aromatic ring is 1. The van der Waals surface area contributed by atoms with Gasteiger partial charge in [-0.15, -0.1) is 11.3 Å². The summed E-state index contributed by atoms with van der Waals surface area (Å²) in [5.74, 6) is 0.715. The lowest BCUT2D eigenvalue weighted by Gasteiger charge is -1.99. The summed E-state index contributed by atoms with van der Waals surface area (Å²) < 4.78 is 2.95. The lowest BCUT2D eigenvalue weighted by molar-refractivity contribution is 0.693. The van der Waals surface area contributed by atoms with Crippen LogP contribution in [0.25, 0.3) is 11.4 Å². The Hall–Kier alpha value is -1.66. The van der Waals surface area contributed by atoms with Crippen molar-refractivity contribution >= 4 is 33.0 Å². The summed E-state index contributed by atoms with van der Waals surface area (Å²) in [6.45, 7) is 0.722. The van der Waals surface area contributed by atoms with Gasteiger partial charge in [0, 0.05) is 20.6 Å². The molecule has 0 unspecified atom stereocenters. The molecule has 0 aliphatic heterocycles. The minimum atomic E-state index is 0.715. The van der Waals surface area contributed by atoms with Crippen LogP contribution in [-0.4, -0.2) is 14.8 Å². The Balaban J connectivity index is 1.83. The Kier molecular flexibility index (Phi) is 3.35. The van der Waals surface area contributed by atoms with E-state index in [1.807, 2.05) is 35.0 Å². The number of hydrogen-bond acceptors (Lipinski definition) is 4. The van der Waals surface area contributed by atoms with Crippen LogP contribution in [0.5, 0.6) is 0 Å². The number of aromatic nitrogens is 3. The first-order valence-electron chi connectivity index (χ1n) is 5.69. The summed E-state index contributed by atoms with van der Waals surface area (Å²) in [7, 11) is 0. The van der Waals surface area contributed by atoms with Crippen molar-refractivity contribution in [1.82, 2.24) is 14.8 Å². The third-order valence-electron chi connectivity index (χ3n) is 2.70.